The highest BCUT2D eigenvalue weighted by atomic mass is 14.9. The second-order valence-corrected chi connectivity index (χ2v) is 4.61. The molecule has 0 aromatic carbocycles. The zero-order valence-corrected chi connectivity index (χ0v) is 10.9. The molecule has 0 N–H and O–H groups in total. The number of aryl methyl sites for hydroxylation is 2. The van der Waals surface area contributed by atoms with E-state index in [1.54, 1.807) is 0 Å². The van der Waals surface area contributed by atoms with Gasteiger partial charge in [-0.05, 0) is 18.4 Å². The zero-order chi connectivity index (χ0) is 11.6. The predicted molar refractivity (Wildman–Crippen MR) is 69.4 cm³/mol. The van der Waals surface area contributed by atoms with Crippen molar-refractivity contribution < 1.29 is 4.57 Å². The Morgan fingerprint density at radius 1 is 0.875 bits per heavy atom. The van der Waals surface area contributed by atoms with Crippen LogP contribution in [0, 0.1) is 0 Å². The molecule has 1 heterocycles. The van der Waals surface area contributed by atoms with Crippen molar-refractivity contribution in [3.05, 3.63) is 30.1 Å². The minimum Gasteiger partial charge on any atom is -0.205 e. The van der Waals surface area contributed by atoms with Crippen LogP contribution in [-0.2, 0) is 13.0 Å². The molecule has 16 heavy (non-hydrogen) atoms. The molecule has 0 amide bonds. The van der Waals surface area contributed by atoms with Gasteiger partial charge in [-0.2, -0.15) is 0 Å². The first kappa shape index (κ1) is 13.2. The minimum absolute atomic E-state index is 1.18. The Morgan fingerprint density at radius 2 is 1.56 bits per heavy atom. The van der Waals surface area contributed by atoms with Crippen molar-refractivity contribution in [3.8, 4) is 0 Å². The molecule has 1 heteroatoms. The van der Waals surface area contributed by atoms with E-state index in [-0.39, 0.29) is 0 Å². The first-order valence-electron chi connectivity index (χ1n) is 6.84. The largest absolute Gasteiger partial charge is 0.205 e. The fourth-order valence-electron chi connectivity index (χ4n) is 1.99. The van der Waals surface area contributed by atoms with Crippen LogP contribution in [0.25, 0.3) is 0 Å². The number of aromatic nitrogens is 1. The lowest BCUT2D eigenvalue weighted by atomic mass is 10.1. The molecule has 0 unspecified atom stereocenters. The summed E-state index contributed by atoms with van der Waals surface area (Å²) in [6.45, 7) is 5.67. The molecule has 90 valence electrons. The summed E-state index contributed by atoms with van der Waals surface area (Å²) < 4.78 is 2.31. The van der Waals surface area contributed by atoms with Crippen molar-refractivity contribution in [2.45, 2.75) is 65.3 Å². The van der Waals surface area contributed by atoms with Crippen LogP contribution in [0.4, 0.5) is 0 Å². The molecule has 0 spiro atoms. The van der Waals surface area contributed by atoms with E-state index < -0.39 is 0 Å². The quantitative estimate of drug-likeness (QED) is 0.462. The monoisotopic (exact) mass is 220 g/mol. The Hall–Kier alpha value is -0.850. The number of hydrogen-bond donors (Lipinski definition) is 0. The van der Waals surface area contributed by atoms with E-state index in [0.29, 0.717) is 0 Å². The summed E-state index contributed by atoms with van der Waals surface area (Å²) in [6.07, 6.45) is 13.7. The van der Waals surface area contributed by atoms with Gasteiger partial charge in [0.15, 0.2) is 12.4 Å². The highest BCUT2D eigenvalue weighted by Gasteiger charge is 2.00. The van der Waals surface area contributed by atoms with Crippen molar-refractivity contribution in [1.29, 1.82) is 0 Å². The highest BCUT2D eigenvalue weighted by molar-refractivity contribution is 5.06. The van der Waals surface area contributed by atoms with Gasteiger partial charge >= 0.3 is 0 Å². The Morgan fingerprint density at radius 3 is 2.19 bits per heavy atom. The van der Waals surface area contributed by atoms with E-state index in [1.807, 2.05) is 0 Å². The Labute approximate surface area is 101 Å². The number of pyridine rings is 1. The molecule has 0 saturated carbocycles. The first-order valence-corrected chi connectivity index (χ1v) is 6.84. The van der Waals surface area contributed by atoms with E-state index in [9.17, 15) is 0 Å². The molecule has 1 aromatic rings. The lowest BCUT2D eigenvalue weighted by Gasteiger charge is -1.99. The molecular weight excluding hydrogens is 194 g/mol. The van der Waals surface area contributed by atoms with Crippen LogP contribution in [-0.4, -0.2) is 0 Å². The summed E-state index contributed by atoms with van der Waals surface area (Å²) in [5.41, 5.74) is 1.46. The Balaban J connectivity index is 2.21. The normalized spacial score (nSPS) is 10.6. The van der Waals surface area contributed by atoms with E-state index in [1.165, 1.54) is 57.1 Å². The first-order chi connectivity index (χ1) is 7.86. The molecule has 0 fully saturated rings. The van der Waals surface area contributed by atoms with Crippen molar-refractivity contribution >= 4 is 0 Å². The van der Waals surface area contributed by atoms with Gasteiger partial charge in [0.25, 0.3) is 0 Å². The third-order valence-electron chi connectivity index (χ3n) is 3.02. The van der Waals surface area contributed by atoms with Gasteiger partial charge in [0.05, 0.1) is 0 Å². The second-order valence-electron chi connectivity index (χ2n) is 4.61. The maximum Gasteiger partial charge on any atom is 0.169 e. The maximum absolute atomic E-state index is 2.31. The smallest absolute Gasteiger partial charge is 0.169 e. The second kappa shape index (κ2) is 8.32. The fourth-order valence-corrected chi connectivity index (χ4v) is 1.99. The number of hydrogen-bond acceptors (Lipinski definition) is 0. The van der Waals surface area contributed by atoms with Gasteiger partial charge in [-0.15, -0.1) is 0 Å². The topological polar surface area (TPSA) is 3.88 Å². The third-order valence-corrected chi connectivity index (χ3v) is 3.02. The van der Waals surface area contributed by atoms with Crippen LogP contribution in [0.1, 0.15) is 57.9 Å². The standard InChI is InChI=1S/C15H26N/c1-3-5-6-7-8-12-16-13-10-15(9-4-2)11-14-16/h10-11,13-14H,3-9,12H2,1-2H3/q+1. The molecule has 1 aromatic heterocycles. The summed E-state index contributed by atoms with van der Waals surface area (Å²) >= 11 is 0. The van der Waals surface area contributed by atoms with Crippen LogP contribution in [0.5, 0.6) is 0 Å². The third kappa shape index (κ3) is 5.29. The molecule has 0 radical (unpaired) electrons. The zero-order valence-electron chi connectivity index (χ0n) is 10.9. The van der Waals surface area contributed by atoms with Gasteiger partial charge in [-0.25, -0.2) is 4.57 Å². The van der Waals surface area contributed by atoms with Crippen LogP contribution in [0.3, 0.4) is 0 Å². The Bertz CT molecular complexity index is 263. The summed E-state index contributed by atoms with van der Waals surface area (Å²) in [4.78, 5) is 0. The molecular formula is C15H26N+. The SMILES string of the molecule is CCCCCCC[n+]1ccc(CCC)cc1. The van der Waals surface area contributed by atoms with Gasteiger partial charge in [-0.3, -0.25) is 0 Å². The summed E-state index contributed by atoms with van der Waals surface area (Å²) in [5.74, 6) is 0. The maximum atomic E-state index is 2.31. The van der Waals surface area contributed by atoms with Crippen molar-refractivity contribution in [2.24, 2.45) is 0 Å². The van der Waals surface area contributed by atoms with Crippen LogP contribution >= 0.6 is 0 Å². The van der Waals surface area contributed by atoms with Crippen molar-refractivity contribution in [2.75, 3.05) is 0 Å². The Kier molecular flexibility index (Phi) is 6.87. The van der Waals surface area contributed by atoms with Gasteiger partial charge in [0.1, 0.15) is 6.54 Å². The number of unbranched alkanes of at least 4 members (excludes halogenated alkanes) is 4. The highest BCUT2D eigenvalue weighted by Crippen LogP contribution is 2.03. The molecule has 0 bridgehead atoms. The van der Waals surface area contributed by atoms with Gasteiger partial charge in [0.2, 0.25) is 0 Å². The molecule has 0 atom stereocenters. The average molecular weight is 220 g/mol. The minimum atomic E-state index is 1.18. The van der Waals surface area contributed by atoms with Crippen molar-refractivity contribution in [3.63, 3.8) is 0 Å². The molecule has 1 nitrogen and oxygen atoms in total. The average Bonchev–Trinajstić information content (AvgIpc) is 2.31. The predicted octanol–water partition coefficient (Wildman–Crippen LogP) is 3.90. The van der Waals surface area contributed by atoms with Crippen LogP contribution < -0.4 is 4.57 Å². The molecule has 1 rings (SSSR count). The number of nitrogens with zero attached hydrogens (tertiary/aromatic N) is 1. The van der Waals surface area contributed by atoms with Crippen LogP contribution in [0.15, 0.2) is 24.5 Å². The molecule has 0 aliphatic heterocycles. The lowest BCUT2D eigenvalue weighted by Crippen LogP contribution is -2.32. The van der Waals surface area contributed by atoms with Gasteiger partial charge in [0, 0.05) is 18.6 Å². The summed E-state index contributed by atoms with van der Waals surface area (Å²) in [6, 6.07) is 4.52. The van der Waals surface area contributed by atoms with E-state index in [2.05, 4.69) is 42.9 Å². The summed E-state index contributed by atoms with van der Waals surface area (Å²) in [7, 11) is 0. The summed E-state index contributed by atoms with van der Waals surface area (Å²) in [5, 5.41) is 0. The van der Waals surface area contributed by atoms with E-state index in [4.69, 9.17) is 0 Å². The van der Waals surface area contributed by atoms with Crippen LogP contribution in [0.2, 0.25) is 0 Å². The van der Waals surface area contributed by atoms with E-state index in [0.717, 1.165) is 0 Å². The number of rotatable bonds is 8. The molecule has 0 saturated heterocycles. The van der Waals surface area contributed by atoms with Gasteiger partial charge in [-0.1, -0.05) is 39.5 Å². The molecule has 0 aliphatic carbocycles. The van der Waals surface area contributed by atoms with E-state index >= 15 is 0 Å². The molecule has 0 aliphatic rings. The van der Waals surface area contributed by atoms with Gasteiger partial charge < -0.3 is 0 Å². The fraction of sp³-hybridized carbons (Fsp3) is 0.667. The lowest BCUT2D eigenvalue weighted by molar-refractivity contribution is -0.697. The van der Waals surface area contributed by atoms with Crippen molar-refractivity contribution in [1.82, 2.24) is 0 Å².